The van der Waals surface area contributed by atoms with Crippen LogP contribution in [-0.4, -0.2) is 57.7 Å². The zero-order chi connectivity index (χ0) is 17.4. The van der Waals surface area contributed by atoms with Gasteiger partial charge < -0.3 is 14.8 Å². The highest BCUT2D eigenvalue weighted by molar-refractivity contribution is 5.60. The third-order valence-electron chi connectivity index (χ3n) is 4.72. The van der Waals surface area contributed by atoms with Crippen molar-refractivity contribution in [2.75, 3.05) is 38.1 Å². The Bertz CT molecular complexity index is 937. The molecule has 130 valence electrons. The summed E-state index contributed by atoms with van der Waals surface area (Å²) in [6, 6.07) is 9.70. The van der Waals surface area contributed by atoms with Gasteiger partial charge in [-0.1, -0.05) is 37.3 Å². The number of likely N-dealkylation sites (N-methyl/N-ethyl adjacent to an activating group) is 1. The number of aromatic nitrogens is 4. The average molecular weight is 338 g/mol. The van der Waals surface area contributed by atoms with Gasteiger partial charge in [-0.05, 0) is 13.5 Å². The Balaban J connectivity index is 1.88. The van der Waals surface area contributed by atoms with Crippen molar-refractivity contribution in [2.45, 2.75) is 13.3 Å². The molecule has 0 unspecified atom stereocenters. The topological polar surface area (TPSA) is 69.5 Å². The SMILES string of the molecule is CCc1nc(N2CCN(C)CC2)n2nc(-c3ccccc3)[nH]c(=O)c12. The first-order chi connectivity index (χ1) is 12.2. The van der Waals surface area contributed by atoms with Crippen molar-refractivity contribution in [3.8, 4) is 11.4 Å². The number of piperazine rings is 1. The number of nitrogens with one attached hydrogen (secondary N) is 1. The Hall–Kier alpha value is -2.67. The highest BCUT2D eigenvalue weighted by Crippen LogP contribution is 2.20. The smallest absolute Gasteiger partial charge is 0.277 e. The van der Waals surface area contributed by atoms with Crippen LogP contribution in [-0.2, 0) is 6.42 Å². The molecule has 0 bridgehead atoms. The number of benzene rings is 1. The molecule has 0 saturated carbocycles. The molecule has 1 fully saturated rings. The second-order valence-electron chi connectivity index (χ2n) is 6.43. The van der Waals surface area contributed by atoms with E-state index in [1.165, 1.54) is 0 Å². The van der Waals surface area contributed by atoms with E-state index < -0.39 is 0 Å². The van der Waals surface area contributed by atoms with Crippen molar-refractivity contribution in [3.05, 3.63) is 46.4 Å². The van der Waals surface area contributed by atoms with Crippen molar-refractivity contribution >= 4 is 11.5 Å². The normalized spacial score (nSPS) is 15.8. The van der Waals surface area contributed by atoms with E-state index in [0.717, 1.165) is 43.4 Å². The van der Waals surface area contributed by atoms with Crippen LogP contribution < -0.4 is 10.5 Å². The van der Waals surface area contributed by atoms with Crippen molar-refractivity contribution < 1.29 is 0 Å². The van der Waals surface area contributed by atoms with Gasteiger partial charge in [0.15, 0.2) is 11.3 Å². The number of anilines is 1. The lowest BCUT2D eigenvalue weighted by Crippen LogP contribution is -2.45. The van der Waals surface area contributed by atoms with Crippen molar-refractivity contribution in [2.24, 2.45) is 0 Å². The first-order valence-corrected chi connectivity index (χ1v) is 8.68. The fourth-order valence-corrected chi connectivity index (χ4v) is 3.24. The van der Waals surface area contributed by atoms with Gasteiger partial charge in [-0.3, -0.25) is 4.79 Å². The Morgan fingerprint density at radius 3 is 2.52 bits per heavy atom. The fraction of sp³-hybridized carbons (Fsp3) is 0.389. The van der Waals surface area contributed by atoms with Gasteiger partial charge in [-0.2, -0.15) is 4.52 Å². The van der Waals surface area contributed by atoms with Crippen molar-refractivity contribution in [3.63, 3.8) is 0 Å². The minimum atomic E-state index is -0.140. The third-order valence-corrected chi connectivity index (χ3v) is 4.72. The molecule has 1 aliphatic heterocycles. The molecule has 3 heterocycles. The molecule has 1 aliphatic rings. The van der Waals surface area contributed by atoms with E-state index in [-0.39, 0.29) is 5.56 Å². The minimum absolute atomic E-state index is 0.140. The van der Waals surface area contributed by atoms with Crippen LogP contribution in [0.3, 0.4) is 0 Å². The number of nitrogens with zero attached hydrogens (tertiary/aromatic N) is 5. The molecule has 0 aliphatic carbocycles. The van der Waals surface area contributed by atoms with E-state index in [1.54, 1.807) is 4.52 Å². The molecule has 3 aromatic rings. The molecule has 1 N–H and O–H groups in total. The summed E-state index contributed by atoms with van der Waals surface area (Å²) in [5.41, 5.74) is 2.09. The summed E-state index contributed by atoms with van der Waals surface area (Å²) in [5.74, 6) is 1.33. The zero-order valence-corrected chi connectivity index (χ0v) is 14.6. The maximum absolute atomic E-state index is 12.7. The number of hydrogen-bond donors (Lipinski definition) is 1. The predicted octanol–water partition coefficient (Wildman–Crippen LogP) is 1.40. The summed E-state index contributed by atoms with van der Waals surface area (Å²) in [4.78, 5) is 24.9. The Labute approximate surface area is 145 Å². The van der Waals surface area contributed by atoms with Gasteiger partial charge in [0, 0.05) is 31.7 Å². The van der Waals surface area contributed by atoms with Crippen molar-refractivity contribution in [1.82, 2.24) is 24.5 Å². The zero-order valence-electron chi connectivity index (χ0n) is 14.6. The average Bonchev–Trinajstić information content (AvgIpc) is 3.02. The lowest BCUT2D eigenvalue weighted by molar-refractivity contribution is 0.310. The van der Waals surface area contributed by atoms with Crippen LogP contribution in [0.2, 0.25) is 0 Å². The van der Waals surface area contributed by atoms with Crippen LogP contribution in [0.25, 0.3) is 16.9 Å². The molecule has 0 amide bonds. The van der Waals surface area contributed by atoms with Crippen LogP contribution in [0.4, 0.5) is 5.95 Å². The Morgan fingerprint density at radius 2 is 1.84 bits per heavy atom. The molecular weight excluding hydrogens is 316 g/mol. The predicted molar refractivity (Wildman–Crippen MR) is 98.1 cm³/mol. The van der Waals surface area contributed by atoms with Gasteiger partial charge in [-0.25, -0.2) is 4.98 Å². The van der Waals surface area contributed by atoms with Gasteiger partial charge in [0.05, 0.1) is 5.69 Å². The summed E-state index contributed by atoms with van der Waals surface area (Å²) in [7, 11) is 2.12. The Morgan fingerprint density at radius 1 is 1.12 bits per heavy atom. The molecule has 0 atom stereocenters. The first kappa shape index (κ1) is 15.8. The van der Waals surface area contributed by atoms with E-state index in [1.807, 2.05) is 37.3 Å². The quantitative estimate of drug-likeness (QED) is 0.782. The molecule has 1 saturated heterocycles. The highest BCUT2D eigenvalue weighted by Gasteiger charge is 2.23. The number of fused-ring (bicyclic) bond motifs is 1. The number of hydrogen-bond acceptors (Lipinski definition) is 5. The third kappa shape index (κ3) is 2.80. The summed E-state index contributed by atoms with van der Waals surface area (Å²) in [5, 5.41) is 4.71. The number of aromatic amines is 1. The van der Waals surface area contributed by atoms with Gasteiger partial charge in [0.25, 0.3) is 5.56 Å². The molecule has 1 aromatic carbocycles. The summed E-state index contributed by atoms with van der Waals surface area (Å²) < 4.78 is 1.73. The first-order valence-electron chi connectivity index (χ1n) is 8.68. The van der Waals surface area contributed by atoms with Crippen molar-refractivity contribution in [1.29, 1.82) is 0 Å². The van der Waals surface area contributed by atoms with E-state index in [2.05, 4.69) is 21.8 Å². The molecule has 7 heteroatoms. The summed E-state index contributed by atoms with van der Waals surface area (Å²) in [6.45, 7) is 5.73. The molecule has 2 aromatic heterocycles. The second kappa shape index (κ2) is 6.33. The maximum Gasteiger partial charge on any atom is 0.277 e. The standard InChI is InChI=1S/C18H22N6O/c1-3-14-15-17(25)20-16(13-7-5-4-6-8-13)21-24(15)18(19-14)23-11-9-22(2)10-12-23/h4-8H,3,9-12H2,1-2H3,(H,20,21,25). The summed E-state index contributed by atoms with van der Waals surface area (Å²) >= 11 is 0. The number of imidazole rings is 1. The van der Waals surface area contributed by atoms with Crippen LogP contribution in [0.15, 0.2) is 35.1 Å². The van der Waals surface area contributed by atoms with Crippen LogP contribution in [0, 0.1) is 0 Å². The van der Waals surface area contributed by atoms with Gasteiger partial charge in [-0.15, -0.1) is 5.10 Å². The number of rotatable bonds is 3. The fourth-order valence-electron chi connectivity index (χ4n) is 3.24. The lowest BCUT2D eigenvalue weighted by atomic mass is 10.2. The van der Waals surface area contributed by atoms with E-state index >= 15 is 0 Å². The van der Waals surface area contributed by atoms with E-state index in [9.17, 15) is 4.79 Å². The van der Waals surface area contributed by atoms with E-state index in [0.29, 0.717) is 17.8 Å². The lowest BCUT2D eigenvalue weighted by Gasteiger charge is -2.32. The van der Waals surface area contributed by atoms with Crippen LogP contribution >= 0.6 is 0 Å². The van der Waals surface area contributed by atoms with Crippen LogP contribution in [0.5, 0.6) is 0 Å². The largest absolute Gasteiger partial charge is 0.338 e. The maximum atomic E-state index is 12.7. The van der Waals surface area contributed by atoms with Gasteiger partial charge >= 0.3 is 0 Å². The van der Waals surface area contributed by atoms with Crippen LogP contribution in [0.1, 0.15) is 12.6 Å². The number of aryl methyl sites for hydroxylation is 1. The molecule has 7 nitrogen and oxygen atoms in total. The number of H-pyrrole nitrogens is 1. The molecule has 0 radical (unpaired) electrons. The van der Waals surface area contributed by atoms with Gasteiger partial charge in [0.1, 0.15) is 0 Å². The molecular formula is C18H22N6O. The monoisotopic (exact) mass is 338 g/mol. The summed E-state index contributed by atoms with van der Waals surface area (Å²) in [6.07, 6.45) is 0.701. The Kier molecular flexibility index (Phi) is 4.01. The minimum Gasteiger partial charge on any atom is -0.338 e. The second-order valence-corrected chi connectivity index (χ2v) is 6.43. The van der Waals surface area contributed by atoms with Gasteiger partial charge in [0.2, 0.25) is 5.95 Å². The molecule has 0 spiro atoms. The molecule has 4 rings (SSSR count). The molecule has 25 heavy (non-hydrogen) atoms. The van der Waals surface area contributed by atoms with E-state index in [4.69, 9.17) is 10.1 Å². The highest BCUT2D eigenvalue weighted by atomic mass is 16.1.